The van der Waals surface area contributed by atoms with Crippen molar-refractivity contribution in [3.63, 3.8) is 0 Å². The maximum Gasteiger partial charge on any atom is 0.315 e. The van der Waals surface area contributed by atoms with Crippen LogP contribution in [0.2, 0.25) is 0 Å². The molecule has 0 radical (unpaired) electrons. The number of carbonyl (C=O) groups is 2. The van der Waals surface area contributed by atoms with Gasteiger partial charge in [-0.15, -0.1) is 0 Å². The number of likely N-dealkylation sites (tertiary alicyclic amines) is 1. The standard InChI is InChI=1S/C16H27N3O3S/c20-9-11-5-7-19(8-6-11)14(21)4-2-1-3-13-15-12(10-23-13)17-16(22)18-15/h11-13,15,20H,1-10H2,(H2,17,18,22)/t12-,13-,15-/m0/s1. The predicted molar refractivity (Wildman–Crippen MR) is 90.3 cm³/mol. The first-order valence-electron chi connectivity index (χ1n) is 8.74. The Morgan fingerprint density at radius 3 is 2.78 bits per heavy atom. The van der Waals surface area contributed by atoms with Gasteiger partial charge in [0.2, 0.25) is 5.91 Å². The summed E-state index contributed by atoms with van der Waals surface area (Å²) >= 11 is 1.93. The summed E-state index contributed by atoms with van der Waals surface area (Å²) in [7, 11) is 0. The van der Waals surface area contributed by atoms with Crippen LogP contribution in [0.3, 0.4) is 0 Å². The highest BCUT2D eigenvalue weighted by molar-refractivity contribution is 8.00. The summed E-state index contributed by atoms with van der Waals surface area (Å²) in [5.41, 5.74) is 0. The summed E-state index contributed by atoms with van der Waals surface area (Å²) in [6, 6.07) is 0.513. The number of rotatable bonds is 6. The van der Waals surface area contributed by atoms with E-state index in [-0.39, 0.29) is 30.6 Å². The fourth-order valence-electron chi connectivity index (χ4n) is 3.79. The van der Waals surface area contributed by atoms with E-state index in [4.69, 9.17) is 5.11 Å². The van der Waals surface area contributed by atoms with E-state index in [9.17, 15) is 9.59 Å². The fraction of sp³-hybridized carbons (Fsp3) is 0.875. The lowest BCUT2D eigenvalue weighted by atomic mass is 9.97. The molecule has 0 aromatic rings. The largest absolute Gasteiger partial charge is 0.396 e. The van der Waals surface area contributed by atoms with Crippen LogP contribution in [0.4, 0.5) is 4.79 Å². The van der Waals surface area contributed by atoms with E-state index in [0.29, 0.717) is 17.6 Å². The first-order chi connectivity index (χ1) is 11.2. The molecule has 3 atom stereocenters. The normalized spacial score (nSPS) is 30.9. The summed E-state index contributed by atoms with van der Waals surface area (Å²) in [6.07, 6.45) is 5.51. The van der Waals surface area contributed by atoms with Crippen LogP contribution in [0.25, 0.3) is 0 Å². The Morgan fingerprint density at radius 2 is 2.04 bits per heavy atom. The minimum atomic E-state index is -0.0354. The minimum Gasteiger partial charge on any atom is -0.396 e. The highest BCUT2D eigenvalue weighted by Crippen LogP contribution is 2.33. The zero-order valence-corrected chi connectivity index (χ0v) is 14.3. The van der Waals surface area contributed by atoms with E-state index >= 15 is 0 Å². The third-order valence-electron chi connectivity index (χ3n) is 5.29. The van der Waals surface area contributed by atoms with Crippen LogP contribution < -0.4 is 10.6 Å². The molecule has 130 valence electrons. The van der Waals surface area contributed by atoms with Gasteiger partial charge in [0.05, 0.1) is 12.1 Å². The van der Waals surface area contributed by atoms with Crippen molar-refractivity contribution in [2.75, 3.05) is 25.4 Å². The van der Waals surface area contributed by atoms with Gasteiger partial charge < -0.3 is 20.6 Å². The number of nitrogens with zero attached hydrogens (tertiary/aromatic N) is 1. The van der Waals surface area contributed by atoms with Crippen LogP contribution in [-0.2, 0) is 4.79 Å². The topological polar surface area (TPSA) is 81.7 Å². The maximum absolute atomic E-state index is 12.2. The van der Waals surface area contributed by atoms with Crippen molar-refractivity contribution in [3.8, 4) is 0 Å². The van der Waals surface area contributed by atoms with Gasteiger partial charge in [-0.1, -0.05) is 6.42 Å². The Kier molecular flexibility index (Phi) is 5.69. The first kappa shape index (κ1) is 16.9. The number of fused-ring (bicyclic) bond motifs is 1. The van der Waals surface area contributed by atoms with E-state index in [1.165, 1.54) is 0 Å². The van der Waals surface area contributed by atoms with Crippen LogP contribution in [0.1, 0.15) is 38.5 Å². The molecule has 6 nitrogen and oxygen atoms in total. The van der Waals surface area contributed by atoms with Gasteiger partial charge >= 0.3 is 6.03 Å². The molecular weight excluding hydrogens is 314 g/mol. The zero-order valence-electron chi connectivity index (χ0n) is 13.5. The molecule has 3 rings (SSSR count). The van der Waals surface area contributed by atoms with Crippen LogP contribution in [0.15, 0.2) is 0 Å². The van der Waals surface area contributed by atoms with Crippen LogP contribution in [0.5, 0.6) is 0 Å². The van der Waals surface area contributed by atoms with Gasteiger partial charge in [0.1, 0.15) is 0 Å². The van der Waals surface area contributed by atoms with Gasteiger partial charge in [-0.3, -0.25) is 4.79 Å². The average Bonchev–Trinajstić information content (AvgIpc) is 3.11. The van der Waals surface area contributed by atoms with Gasteiger partial charge in [0, 0.05) is 37.1 Å². The summed E-state index contributed by atoms with van der Waals surface area (Å²) < 4.78 is 0. The molecule has 0 aromatic carbocycles. The van der Waals surface area contributed by atoms with E-state index in [2.05, 4.69) is 10.6 Å². The van der Waals surface area contributed by atoms with Crippen molar-refractivity contribution in [2.45, 2.75) is 55.9 Å². The van der Waals surface area contributed by atoms with Crippen LogP contribution in [0, 0.1) is 5.92 Å². The maximum atomic E-state index is 12.2. The average molecular weight is 341 g/mol. The fourth-order valence-corrected chi connectivity index (χ4v) is 5.33. The molecule has 3 saturated heterocycles. The molecular formula is C16H27N3O3S. The second-order valence-corrected chi connectivity index (χ2v) is 8.15. The highest BCUT2D eigenvalue weighted by Gasteiger charge is 2.42. The number of nitrogens with one attached hydrogen (secondary N) is 2. The van der Waals surface area contributed by atoms with Crippen molar-refractivity contribution in [1.82, 2.24) is 15.5 Å². The molecule has 3 fully saturated rings. The number of thioether (sulfide) groups is 1. The summed E-state index contributed by atoms with van der Waals surface area (Å²) in [5, 5.41) is 15.6. The quantitative estimate of drug-likeness (QED) is 0.496. The lowest BCUT2D eigenvalue weighted by Gasteiger charge is -2.31. The van der Waals surface area contributed by atoms with Crippen LogP contribution >= 0.6 is 11.8 Å². The second kappa shape index (κ2) is 7.75. The number of aliphatic hydroxyl groups is 1. The number of piperidine rings is 1. The van der Waals surface area contributed by atoms with Crippen molar-refractivity contribution < 1.29 is 14.7 Å². The molecule has 3 heterocycles. The lowest BCUT2D eigenvalue weighted by Crippen LogP contribution is -2.39. The van der Waals surface area contributed by atoms with Gasteiger partial charge in [-0.25, -0.2) is 4.79 Å². The smallest absolute Gasteiger partial charge is 0.315 e. The van der Waals surface area contributed by atoms with Crippen molar-refractivity contribution >= 4 is 23.7 Å². The minimum absolute atomic E-state index is 0.0354. The third-order valence-corrected chi connectivity index (χ3v) is 6.80. The molecule has 23 heavy (non-hydrogen) atoms. The molecule has 0 saturated carbocycles. The molecule has 3 amide bonds. The van der Waals surface area contributed by atoms with Gasteiger partial charge in [-0.05, 0) is 31.6 Å². The first-order valence-corrected chi connectivity index (χ1v) is 9.79. The molecule has 0 spiro atoms. The zero-order chi connectivity index (χ0) is 16.2. The molecule has 0 bridgehead atoms. The van der Waals surface area contributed by atoms with Crippen molar-refractivity contribution in [2.24, 2.45) is 5.92 Å². The lowest BCUT2D eigenvalue weighted by molar-refractivity contribution is -0.132. The Bertz CT molecular complexity index is 440. The molecule has 3 aliphatic rings. The number of hydrogen-bond acceptors (Lipinski definition) is 4. The number of amides is 3. The Hall–Kier alpha value is -0.950. The van der Waals surface area contributed by atoms with E-state index in [0.717, 1.165) is 50.9 Å². The molecule has 3 N–H and O–H groups in total. The molecule has 7 heteroatoms. The van der Waals surface area contributed by atoms with Gasteiger partial charge in [-0.2, -0.15) is 11.8 Å². The van der Waals surface area contributed by atoms with Crippen molar-refractivity contribution in [3.05, 3.63) is 0 Å². The second-order valence-electron chi connectivity index (χ2n) is 6.87. The molecule has 3 aliphatic heterocycles. The Balaban J connectivity index is 1.31. The Morgan fingerprint density at radius 1 is 1.26 bits per heavy atom. The SMILES string of the molecule is O=C1N[C@H]2[C@H](CS[C@H]2CCCCC(=O)N2CCC(CO)CC2)N1. The summed E-state index contributed by atoms with van der Waals surface area (Å²) in [4.78, 5) is 25.5. The molecule has 0 aliphatic carbocycles. The van der Waals surface area contributed by atoms with Crippen LogP contribution in [-0.4, -0.2) is 64.7 Å². The summed E-state index contributed by atoms with van der Waals surface area (Å²) in [5.74, 6) is 1.63. The Labute approximate surface area is 141 Å². The third kappa shape index (κ3) is 4.12. The summed E-state index contributed by atoms with van der Waals surface area (Å²) in [6.45, 7) is 1.84. The van der Waals surface area contributed by atoms with Gasteiger partial charge in [0.15, 0.2) is 0 Å². The van der Waals surface area contributed by atoms with Gasteiger partial charge in [0.25, 0.3) is 0 Å². The highest BCUT2D eigenvalue weighted by atomic mass is 32.2. The number of hydrogen-bond donors (Lipinski definition) is 3. The van der Waals surface area contributed by atoms with E-state index in [1.807, 2.05) is 16.7 Å². The van der Waals surface area contributed by atoms with Crippen molar-refractivity contribution in [1.29, 1.82) is 0 Å². The van der Waals surface area contributed by atoms with E-state index in [1.54, 1.807) is 0 Å². The number of urea groups is 1. The number of aliphatic hydroxyl groups excluding tert-OH is 1. The molecule has 0 aromatic heterocycles. The van der Waals surface area contributed by atoms with E-state index < -0.39 is 0 Å². The number of unbranched alkanes of at least 4 members (excludes halogenated alkanes) is 1. The number of carbonyl (C=O) groups excluding carboxylic acids is 2. The molecule has 0 unspecified atom stereocenters. The monoisotopic (exact) mass is 341 g/mol. The predicted octanol–water partition coefficient (Wildman–Crippen LogP) is 0.943.